The van der Waals surface area contributed by atoms with Crippen LogP contribution >= 0.6 is 0 Å². The summed E-state index contributed by atoms with van der Waals surface area (Å²) in [5.41, 5.74) is 1.09. The van der Waals surface area contributed by atoms with Gasteiger partial charge in [-0.3, -0.25) is 4.79 Å². The minimum absolute atomic E-state index is 0.0364. The molecule has 6 nitrogen and oxygen atoms in total. The van der Waals surface area contributed by atoms with Gasteiger partial charge in [0.15, 0.2) is 0 Å². The van der Waals surface area contributed by atoms with E-state index in [1.807, 2.05) is 24.2 Å². The van der Waals surface area contributed by atoms with Gasteiger partial charge >= 0.3 is 0 Å². The normalized spacial score (nSPS) is 23.3. The summed E-state index contributed by atoms with van der Waals surface area (Å²) in [6.07, 6.45) is 6.24. The first-order valence-electron chi connectivity index (χ1n) is 6.82. The number of nitrogens with zero attached hydrogens (tertiary/aromatic N) is 3. The number of nitrogens with one attached hydrogen (secondary N) is 2. The van der Waals surface area contributed by atoms with Crippen LogP contribution in [0.25, 0.3) is 0 Å². The Hall–Kier alpha value is -1.69. The van der Waals surface area contributed by atoms with E-state index >= 15 is 0 Å². The predicted octanol–water partition coefficient (Wildman–Crippen LogP) is 0.0533. The fraction of sp³-hybridized carbons (Fsp3) is 0.615. The van der Waals surface area contributed by atoms with Crippen LogP contribution in [0.2, 0.25) is 0 Å². The number of hydrogen-bond donors (Lipinski definition) is 2. The second kappa shape index (κ2) is 5.13. The van der Waals surface area contributed by atoms with E-state index < -0.39 is 0 Å². The second-order valence-electron chi connectivity index (χ2n) is 5.21. The molecule has 0 aromatic carbocycles. The third-order valence-electron chi connectivity index (χ3n) is 3.62. The summed E-state index contributed by atoms with van der Waals surface area (Å²) in [6.45, 7) is 4.10. The molecule has 0 bridgehead atoms. The molecule has 102 valence electrons. The zero-order valence-electron chi connectivity index (χ0n) is 11.1. The van der Waals surface area contributed by atoms with Crippen molar-refractivity contribution in [1.82, 2.24) is 20.6 Å². The number of piperazine rings is 1. The molecule has 1 amide bonds. The van der Waals surface area contributed by atoms with Gasteiger partial charge in [-0.05, 0) is 19.8 Å². The van der Waals surface area contributed by atoms with Gasteiger partial charge in [-0.25, -0.2) is 9.97 Å². The Balaban J connectivity index is 1.65. The summed E-state index contributed by atoms with van der Waals surface area (Å²) in [6, 6.07) is 0.481. The fourth-order valence-corrected chi connectivity index (χ4v) is 2.19. The van der Waals surface area contributed by atoms with Crippen LogP contribution in [0, 0.1) is 0 Å². The summed E-state index contributed by atoms with van der Waals surface area (Å²) in [5.74, 6) is 0.673. The van der Waals surface area contributed by atoms with Crippen molar-refractivity contribution in [1.29, 1.82) is 0 Å². The molecule has 6 heteroatoms. The van der Waals surface area contributed by atoms with Gasteiger partial charge in [-0.1, -0.05) is 0 Å². The first-order chi connectivity index (χ1) is 9.24. The van der Waals surface area contributed by atoms with Crippen molar-refractivity contribution < 1.29 is 4.79 Å². The smallest absolute Gasteiger partial charge is 0.242 e. The van der Waals surface area contributed by atoms with Crippen molar-refractivity contribution >= 4 is 11.9 Å². The minimum atomic E-state index is -0.204. The van der Waals surface area contributed by atoms with E-state index in [9.17, 15) is 4.79 Å². The average Bonchev–Trinajstić information content (AvgIpc) is 3.25. The van der Waals surface area contributed by atoms with E-state index in [1.165, 1.54) is 12.8 Å². The summed E-state index contributed by atoms with van der Waals surface area (Å²) in [7, 11) is 0. The van der Waals surface area contributed by atoms with Gasteiger partial charge in [0.05, 0.1) is 0 Å². The molecule has 0 radical (unpaired) electrons. The third kappa shape index (κ3) is 2.84. The molecule has 1 atom stereocenters. The number of hydrogen-bond acceptors (Lipinski definition) is 5. The van der Waals surface area contributed by atoms with E-state index in [1.54, 1.807) is 0 Å². The number of rotatable bonds is 4. The van der Waals surface area contributed by atoms with Crippen LogP contribution in [0.1, 0.15) is 25.3 Å². The Bertz CT molecular complexity index is 457. The topological polar surface area (TPSA) is 70.2 Å². The molecular formula is C13H19N5O. The molecular weight excluding hydrogens is 242 g/mol. The second-order valence-corrected chi connectivity index (χ2v) is 5.21. The molecule has 1 saturated heterocycles. The summed E-state index contributed by atoms with van der Waals surface area (Å²) < 4.78 is 0. The van der Waals surface area contributed by atoms with Crippen molar-refractivity contribution in [2.75, 3.05) is 18.0 Å². The summed E-state index contributed by atoms with van der Waals surface area (Å²) in [4.78, 5) is 22.3. The number of amides is 1. The first-order valence-corrected chi connectivity index (χ1v) is 6.82. The Morgan fingerprint density at radius 2 is 2.16 bits per heavy atom. The summed E-state index contributed by atoms with van der Waals surface area (Å²) >= 11 is 0. The Morgan fingerprint density at radius 3 is 2.84 bits per heavy atom. The maximum Gasteiger partial charge on any atom is 0.242 e. The van der Waals surface area contributed by atoms with Crippen LogP contribution in [-0.2, 0) is 11.3 Å². The van der Waals surface area contributed by atoms with E-state index in [4.69, 9.17) is 0 Å². The molecule has 2 heterocycles. The van der Waals surface area contributed by atoms with Crippen molar-refractivity contribution in [2.45, 2.75) is 38.4 Å². The van der Waals surface area contributed by atoms with Gasteiger partial charge in [0.2, 0.25) is 11.9 Å². The Kier molecular flexibility index (Phi) is 3.33. The Morgan fingerprint density at radius 1 is 1.42 bits per heavy atom. The number of aromatic nitrogens is 2. The van der Waals surface area contributed by atoms with Crippen molar-refractivity contribution in [3.63, 3.8) is 0 Å². The number of anilines is 1. The van der Waals surface area contributed by atoms with Gasteiger partial charge in [0, 0.05) is 43.6 Å². The van der Waals surface area contributed by atoms with E-state index in [-0.39, 0.29) is 11.9 Å². The van der Waals surface area contributed by atoms with Crippen LogP contribution in [0.3, 0.4) is 0 Å². The van der Waals surface area contributed by atoms with Crippen LogP contribution < -0.4 is 15.5 Å². The van der Waals surface area contributed by atoms with Gasteiger partial charge in [0.1, 0.15) is 6.04 Å². The molecule has 2 fully saturated rings. The molecule has 1 saturated carbocycles. The molecule has 1 aromatic heterocycles. The predicted molar refractivity (Wildman–Crippen MR) is 71.7 cm³/mol. The number of carbonyl (C=O) groups excluding carboxylic acids is 1. The Labute approximate surface area is 112 Å². The maximum atomic E-state index is 11.6. The highest BCUT2D eigenvalue weighted by molar-refractivity contribution is 5.85. The lowest BCUT2D eigenvalue weighted by Crippen LogP contribution is -2.54. The monoisotopic (exact) mass is 261 g/mol. The van der Waals surface area contributed by atoms with E-state index in [0.717, 1.165) is 18.7 Å². The van der Waals surface area contributed by atoms with Crippen LogP contribution in [-0.4, -0.2) is 41.0 Å². The molecule has 0 spiro atoms. The average molecular weight is 261 g/mol. The van der Waals surface area contributed by atoms with Crippen molar-refractivity contribution in [3.05, 3.63) is 18.0 Å². The highest BCUT2D eigenvalue weighted by Gasteiger charge is 2.27. The van der Waals surface area contributed by atoms with Crippen LogP contribution in [0.15, 0.2) is 12.4 Å². The largest absolute Gasteiger partial charge is 0.353 e. The molecule has 19 heavy (non-hydrogen) atoms. The zero-order valence-corrected chi connectivity index (χ0v) is 11.1. The molecule has 2 aliphatic rings. The lowest BCUT2D eigenvalue weighted by atomic mass is 10.2. The highest BCUT2D eigenvalue weighted by Crippen LogP contribution is 2.19. The van der Waals surface area contributed by atoms with E-state index in [2.05, 4.69) is 20.6 Å². The summed E-state index contributed by atoms with van der Waals surface area (Å²) in [5, 5.41) is 6.27. The standard InChI is InChI=1S/C13H19N5O/c1-9-12(19)14-4-5-18(9)13-16-7-10(8-17-13)6-15-11-2-3-11/h7-9,11,15H,2-6H2,1H3,(H,14,19). The van der Waals surface area contributed by atoms with Crippen LogP contribution in [0.5, 0.6) is 0 Å². The molecule has 1 aromatic rings. The lowest BCUT2D eigenvalue weighted by Gasteiger charge is -2.32. The molecule has 1 unspecified atom stereocenters. The third-order valence-corrected chi connectivity index (χ3v) is 3.62. The van der Waals surface area contributed by atoms with Gasteiger partial charge in [-0.15, -0.1) is 0 Å². The number of carbonyl (C=O) groups is 1. The lowest BCUT2D eigenvalue weighted by molar-refractivity contribution is -0.122. The molecule has 2 N–H and O–H groups in total. The SMILES string of the molecule is CC1C(=O)NCCN1c1ncc(CNC2CC2)cn1. The molecule has 3 rings (SSSR count). The first kappa shape index (κ1) is 12.3. The van der Waals surface area contributed by atoms with E-state index in [0.29, 0.717) is 18.5 Å². The van der Waals surface area contributed by atoms with Crippen molar-refractivity contribution in [3.8, 4) is 0 Å². The highest BCUT2D eigenvalue weighted by atomic mass is 16.2. The minimum Gasteiger partial charge on any atom is -0.353 e. The van der Waals surface area contributed by atoms with Gasteiger partial charge in [-0.2, -0.15) is 0 Å². The quantitative estimate of drug-likeness (QED) is 0.801. The molecule has 1 aliphatic heterocycles. The maximum absolute atomic E-state index is 11.6. The van der Waals surface area contributed by atoms with Crippen LogP contribution in [0.4, 0.5) is 5.95 Å². The fourth-order valence-electron chi connectivity index (χ4n) is 2.19. The zero-order chi connectivity index (χ0) is 13.2. The molecule has 1 aliphatic carbocycles. The van der Waals surface area contributed by atoms with Gasteiger partial charge < -0.3 is 15.5 Å². The van der Waals surface area contributed by atoms with Gasteiger partial charge in [0.25, 0.3) is 0 Å². The van der Waals surface area contributed by atoms with Crippen molar-refractivity contribution in [2.24, 2.45) is 0 Å².